The van der Waals surface area contributed by atoms with Crippen LogP contribution in [0.1, 0.15) is 35.5 Å². The summed E-state index contributed by atoms with van der Waals surface area (Å²) in [6, 6.07) is 24.6. The molecule has 7 nitrogen and oxygen atoms in total. The molecule has 0 saturated heterocycles. The number of nitrogens with one attached hydrogen (secondary N) is 1. The first kappa shape index (κ1) is 29.1. The average molecular weight is 606 g/mol. The number of carbonyl (C=O) groups excluding carboxylic acids is 1. The van der Waals surface area contributed by atoms with Gasteiger partial charge in [-0.2, -0.15) is 0 Å². The van der Waals surface area contributed by atoms with Crippen LogP contribution in [0, 0.1) is 19.7 Å². The van der Waals surface area contributed by atoms with Gasteiger partial charge in [-0.25, -0.2) is 9.38 Å². The number of benzene rings is 3. The van der Waals surface area contributed by atoms with Crippen LogP contribution in [0.15, 0.2) is 106 Å². The highest BCUT2D eigenvalue weighted by atomic mass is 32.1. The molecule has 1 N–H and O–H groups in total. The second kappa shape index (κ2) is 11.6. The predicted molar refractivity (Wildman–Crippen MR) is 175 cm³/mol. The van der Waals surface area contributed by atoms with E-state index in [9.17, 15) is 14.0 Å². The van der Waals surface area contributed by atoms with Crippen LogP contribution < -0.4 is 25.1 Å². The maximum absolute atomic E-state index is 14.1. The van der Waals surface area contributed by atoms with E-state index >= 15 is 0 Å². The molecule has 5 aromatic rings. The van der Waals surface area contributed by atoms with Crippen LogP contribution in [-0.4, -0.2) is 29.1 Å². The number of para-hydroxylation sites is 1. The lowest BCUT2D eigenvalue weighted by atomic mass is 9.95. The molecule has 1 aliphatic heterocycles. The highest BCUT2D eigenvalue weighted by Gasteiger charge is 2.32. The zero-order valence-corrected chi connectivity index (χ0v) is 25.9. The van der Waals surface area contributed by atoms with Crippen molar-refractivity contribution < 1.29 is 9.18 Å². The summed E-state index contributed by atoms with van der Waals surface area (Å²) in [5.41, 5.74) is 6.91. The normalized spacial score (nSPS) is 14.8. The molecular weight excluding hydrogens is 573 g/mol. The fraction of sp³-hybridized carbons (Fsp3) is 0.171. The minimum absolute atomic E-state index is 0.263. The van der Waals surface area contributed by atoms with Crippen LogP contribution in [0.25, 0.3) is 11.8 Å². The first-order valence-electron chi connectivity index (χ1n) is 14.2. The SMILES string of the molecule is CC1=C(C(=O)Nc2ccccc2)[C@@H](c2ccc(F)cc2)n2c(s/c(=C/c3cc(C)n(-c4ccc(N(C)C)cc4)c3C)c2=O)=N1. The summed E-state index contributed by atoms with van der Waals surface area (Å²) in [7, 11) is 4.02. The Morgan fingerprint density at radius 2 is 1.66 bits per heavy atom. The molecule has 3 aromatic carbocycles. The lowest BCUT2D eigenvalue weighted by molar-refractivity contribution is -0.113. The average Bonchev–Trinajstić information content (AvgIpc) is 3.46. The minimum Gasteiger partial charge on any atom is -0.378 e. The summed E-state index contributed by atoms with van der Waals surface area (Å²) >= 11 is 1.28. The number of aryl methyl sites for hydroxylation is 1. The molecule has 1 aliphatic rings. The van der Waals surface area contributed by atoms with E-state index in [-0.39, 0.29) is 11.5 Å². The van der Waals surface area contributed by atoms with Crippen LogP contribution >= 0.6 is 11.3 Å². The number of amides is 1. The van der Waals surface area contributed by atoms with Gasteiger partial charge in [0.1, 0.15) is 5.82 Å². The van der Waals surface area contributed by atoms with Crippen molar-refractivity contribution in [3.8, 4) is 5.69 Å². The summed E-state index contributed by atoms with van der Waals surface area (Å²) < 4.78 is 18.2. The van der Waals surface area contributed by atoms with E-state index in [1.54, 1.807) is 35.8 Å². The summed E-state index contributed by atoms with van der Waals surface area (Å²) in [6.07, 6.45) is 1.89. The van der Waals surface area contributed by atoms with Crippen molar-refractivity contribution >= 4 is 34.7 Å². The minimum atomic E-state index is -0.777. The Kier molecular flexibility index (Phi) is 7.65. The van der Waals surface area contributed by atoms with Crippen molar-refractivity contribution in [3.63, 3.8) is 0 Å². The van der Waals surface area contributed by atoms with Crippen molar-refractivity contribution in [3.05, 3.63) is 144 Å². The van der Waals surface area contributed by atoms with Gasteiger partial charge in [-0.1, -0.05) is 41.7 Å². The molecule has 0 spiro atoms. The lowest BCUT2D eigenvalue weighted by Gasteiger charge is -2.25. The van der Waals surface area contributed by atoms with E-state index in [4.69, 9.17) is 4.99 Å². The number of fused-ring (bicyclic) bond motifs is 1. The number of aromatic nitrogens is 2. The van der Waals surface area contributed by atoms with E-state index < -0.39 is 11.9 Å². The molecule has 2 aromatic heterocycles. The van der Waals surface area contributed by atoms with E-state index in [0.717, 1.165) is 28.3 Å². The van der Waals surface area contributed by atoms with Gasteiger partial charge < -0.3 is 14.8 Å². The van der Waals surface area contributed by atoms with Gasteiger partial charge in [0.15, 0.2) is 4.80 Å². The van der Waals surface area contributed by atoms with Crippen LogP contribution in [0.5, 0.6) is 0 Å². The van der Waals surface area contributed by atoms with Crippen molar-refractivity contribution in [2.75, 3.05) is 24.3 Å². The fourth-order valence-corrected chi connectivity index (χ4v) is 6.70. The third-order valence-corrected chi connectivity index (χ3v) is 8.85. The van der Waals surface area contributed by atoms with Gasteiger partial charge in [0.05, 0.1) is 21.8 Å². The third-order valence-electron chi connectivity index (χ3n) is 7.86. The third kappa shape index (κ3) is 5.31. The molecule has 222 valence electrons. The van der Waals surface area contributed by atoms with Crippen LogP contribution in [0.4, 0.5) is 15.8 Å². The Hall–Kier alpha value is -5.02. The Morgan fingerprint density at radius 3 is 2.32 bits per heavy atom. The molecule has 1 amide bonds. The smallest absolute Gasteiger partial charge is 0.271 e. The zero-order chi connectivity index (χ0) is 31.1. The molecule has 0 saturated carbocycles. The molecule has 0 radical (unpaired) electrons. The quantitative estimate of drug-likeness (QED) is 0.279. The Bertz CT molecular complexity index is 2090. The molecule has 9 heteroatoms. The van der Waals surface area contributed by atoms with Gasteiger partial charge in [-0.15, -0.1) is 0 Å². The number of halogens is 1. The molecule has 0 fully saturated rings. The van der Waals surface area contributed by atoms with Gasteiger partial charge in [-0.3, -0.25) is 14.2 Å². The second-order valence-electron chi connectivity index (χ2n) is 11.0. The number of thiazole rings is 1. The Labute approximate surface area is 258 Å². The van der Waals surface area contributed by atoms with Crippen molar-refractivity contribution in [2.24, 2.45) is 4.99 Å². The van der Waals surface area contributed by atoms with Gasteiger partial charge in [0.25, 0.3) is 11.5 Å². The number of allylic oxidation sites excluding steroid dienone is 1. The van der Waals surface area contributed by atoms with Crippen LogP contribution in [0.3, 0.4) is 0 Å². The maximum Gasteiger partial charge on any atom is 0.271 e. The summed E-state index contributed by atoms with van der Waals surface area (Å²) in [6.45, 7) is 5.84. The standard InChI is InChI=1S/C35H32FN5O2S/c1-21-19-25(23(3)40(21)29-17-15-28(16-18-29)39(4)5)20-30-34(43)41-32(24-11-13-26(36)14-12-24)31(22(2)37-35(41)44-30)33(42)38-27-9-7-6-8-10-27/h6-20,32H,1-5H3,(H,38,42)/b30-20+/t32-/m1/s1. The molecular formula is C35H32FN5O2S. The Balaban J connectivity index is 1.46. The Morgan fingerprint density at radius 1 is 0.977 bits per heavy atom. The number of rotatable bonds is 6. The van der Waals surface area contributed by atoms with Crippen LogP contribution in [0.2, 0.25) is 0 Å². The highest BCUT2D eigenvalue weighted by Crippen LogP contribution is 2.31. The first-order valence-corrected chi connectivity index (χ1v) is 15.0. The van der Waals surface area contributed by atoms with Gasteiger partial charge >= 0.3 is 0 Å². The number of nitrogens with zero attached hydrogens (tertiary/aromatic N) is 4. The summed E-state index contributed by atoms with van der Waals surface area (Å²) in [5, 5.41) is 2.94. The van der Waals surface area contributed by atoms with Crippen molar-refractivity contribution in [1.29, 1.82) is 0 Å². The van der Waals surface area contributed by atoms with E-state index in [0.29, 0.717) is 31.9 Å². The van der Waals surface area contributed by atoms with Gasteiger partial charge in [-0.05, 0) is 92.6 Å². The van der Waals surface area contributed by atoms with Gasteiger partial charge in [0.2, 0.25) is 0 Å². The van der Waals surface area contributed by atoms with E-state index in [1.165, 1.54) is 23.5 Å². The zero-order valence-electron chi connectivity index (χ0n) is 25.1. The number of carbonyl (C=O) groups is 1. The fourth-order valence-electron chi connectivity index (χ4n) is 5.66. The second-order valence-corrected chi connectivity index (χ2v) is 12.0. The van der Waals surface area contributed by atoms with Gasteiger partial charge in [0, 0.05) is 42.5 Å². The van der Waals surface area contributed by atoms with E-state index in [1.807, 2.05) is 52.2 Å². The largest absolute Gasteiger partial charge is 0.378 e. The number of hydrogen-bond donors (Lipinski definition) is 1. The topological polar surface area (TPSA) is 71.6 Å². The maximum atomic E-state index is 14.1. The molecule has 3 heterocycles. The first-order chi connectivity index (χ1) is 21.1. The highest BCUT2D eigenvalue weighted by molar-refractivity contribution is 7.07. The molecule has 0 aliphatic carbocycles. The summed E-state index contributed by atoms with van der Waals surface area (Å²) in [5.74, 6) is -0.770. The predicted octanol–water partition coefficient (Wildman–Crippen LogP) is 5.49. The monoisotopic (exact) mass is 605 g/mol. The van der Waals surface area contributed by atoms with E-state index in [2.05, 4.69) is 45.1 Å². The molecule has 6 rings (SSSR count). The molecule has 0 unspecified atom stereocenters. The summed E-state index contributed by atoms with van der Waals surface area (Å²) in [4.78, 5) is 35.1. The molecule has 1 atom stereocenters. The molecule has 44 heavy (non-hydrogen) atoms. The van der Waals surface area contributed by atoms with Crippen LogP contribution in [-0.2, 0) is 4.79 Å². The number of anilines is 2. The van der Waals surface area contributed by atoms with Crippen molar-refractivity contribution in [1.82, 2.24) is 9.13 Å². The number of hydrogen-bond acceptors (Lipinski definition) is 5. The lowest BCUT2D eigenvalue weighted by Crippen LogP contribution is -2.40. The molecule has 0 bridgehead atoms. The van der Waals surface area contributed by atoms with Crippen molar-refractivity contribution in [2.45, 2.75) is 26.8 Å².